The summed E-state index contributed by atoms with van der Waals surface area (Å²) in [4.78, 5) is 0. The lowest BCUT2D eigenvalue weighted by molar-refractivity contribution is 0.218. The Balaban J connectivity index is 3.18. The number of halogens is 1. The quantitative estimate of drug-likeness (QED) is 0.452. The highest BCUT2D eigenvalue weighted by Crippen LogP contribution is 1.91. The first-order valence-electron chi connectivity index (χ1n) is 3.14. The van der Waals surface area contributed by atoms with E-state index in [-0.39, 0.29) is 0 Å². The van der Waals surface area contributed by atoms with Gasteiger partial charge in [0.2, 0.25) is 0 Å². The second-order valence-electron chi connectivity index (χ2n) is 1.49. The molecule has 0 atom stereocenters. The smallest absolute Gasteiger partial charge is 0.336 e. The molecule has 2 nitrogen and oxygen atoms in total. The molecule has 9 heavy (non-hydrogen) atoms. The third-order valence-corrected chi connectivity index (χ3v) is 3.25. The van der Waals surface area contributed by atoms with Gasteiger partial charge in [-0.15, -0.1) is 11.6 Å². The molecule has 0 fully saturated rings. The van der Waals surface area contributed by atoms with Gasteiger partial charge in [0.1, 0.15) is 0 Å². The number of hydrogen-bond acceptors (Lipinski definition) is 2. The van der Waals surface area contributed by atoms with Gasteiger partial charge < -0.3 is 8.85 Å². The third kappa shape index (κ3) is 4.90. The molecule has 0 rings (SSSR count). The topological polar surface area (TPSA) is 18.5 Å². The molecule has 0 saturated carbocycles. The van der Waals surface area contributed by atoms with Crippen molar-refractivity contribution in [2.75, 3.05) is 18.7 Å². The van der Waals surface area contributed by atoms with E-state index in [2.05, 4.69) is 0 Å². The lowest BCUT2D eigenvalue weighted by Crippen LogP contribution is -2.25. The Morgan fingerprint density at radius 2 is 1.67 bits per heavy atom. The Hall–Kier alpha value is 0.427. The minimum absolute atomic E-state index is 0.543. The Labute approximate surface area is 63.0 Å². The molecule has 0 bridgehead atoms. The van der Waals surface area contributed by atoms with Gasteiger partial charge in [0.25, 0.3) is 0 Å². The van der Waals surface area contributed by atoms with E-state index in [0.717, 1.165) is 0 Å². The summed E-state index contributed by atoms with van der Waals surface area (Å²) in [7, 11) is -1.45. The fourth-order valence-corrected chi connectivity index (χ4v) is 2.06. The third-order valence-electron chi connectivity index (χ3n) is 0.831. The first-order chi connectivity index (χ1) is 4.35. The molecule has 0 aliphatic rings. The van der Waals surface area contributed by atoms with Gasteiger partial charge in [-0.05, 0) is 13.8 Å². The van der Waals surface area contributed by atoms with Crippen LogP contribution < -0.4 is 0 Å². The monoisotopic (exact) mass is 168 g/mol. The molecule has 0 N–H and O–H groups in total. The van der Waals surface area contributed by atoms with Gasteiger partial charge in [-0.1, -0.05) is 0 Å². The minimum atomic E-state index is -1.45. The molecular formula is C5H13ClO2Si. The summed E-state index contributed by atoms with van der Waals surface area (Å²) in [5.41, 5.74) is 0.543. The van der Waals surface area contributed by atoms with Crippen LogP contribution in [0.3, 0.4) is 0 Å². The van der Waals surface area contributed by atoms with Crippen LogP contribution in [0.25, 0.3) is 0 Å². The van der Waals surface area contributed by atoms with Crippen molar-refractivity contribution in [1.29, 1.82) is 0 Å². The predicted octanol–water partition coefficient (Wildman–Crippen LogP) is 1.06. The van der Waals surface area contributed by atoms with Crippen LogP contribution >= 0.6 is 11.6 Å². The predicted molar refractivity (Wildman–Crippen MR) is 41.1 cm³/mol. The maximum absolute atomic E-state index is 5.54. The molecule has 0 spiro atoms. The van der Waals surface area contributed by atoms with Crippen molar-refractivity contribution in [3.63, 3.8) is 0 Å². The zero-order valence-electron chi connectivity index (χ0n) is 5.89. The van der Waals surface area contributed by atoms with Crippen LogP contribution in [0.2, 0.25) is 0 Å². The van der Waals surface area contributed by atoms with Gasteiger partial charge in [-0.2, -0.15) is 0 Å². The standard InChI is InChI=1S/C5H13ClO2Si/c1-3-7-9(5-6)8-4-2/h9H,3-5H2,1-2H3. The van der Waals surface area contributed by atoms with Crippen molar-refractivity contribution in [3.05, 3.63) is 0 Å². The zero-order chi connectivity index (χ0) is 7.11. The summed E-state index contributed by atoms with van der Waals surface area (Å²) in [6, 6.07) is 0. The summed E-state index contributed by atoms with van der Waals surface area (Å²) < 4.78 is 10.4. The molecular weight excluding hydrogens is 156 g/mol. The van der Waals surface area contributed by atoms with Gasteiger partial charge in [-0.3, -0.25) is 0 Å². The molecule has 0 aromatic carbocycles. The van der Waals surface area contributed by atoms with Gasteiger partial charge in [-0.25, -0.2) is 0 Å². The van der Waals surface area contributed by atoms with E-state index in [9.17, 15) is 0 Å². The van der Waals surface area contributed by atoms with E-state index in [0.29, 0.717) is 18.7 Å². The maximum atomic E-state index is 5.54. The van der Waals surface area contributed by atoms with E-state index in [1.165, 1.54) is 0 Å². The minimum Gasteiger partial charge on any atom is -0.396 e. The van der Waals surface area contributed by atoms with Crippen LogP contribution in [0.5, 0.6) is 0 Å². The molecule has 0 aliphatic carbocycles. The Bertz CT molecular complexity index is 56.9. The van der Waals surface area contributed by atoms with Crippen LogP contribution in [-0.4, -0.2) is 28.0 Å². The van der Waals surface area contributed by atoms with Gasteiger partial charge in [0, 0.05) is 13.2 Å². The average molecular weight is 169 g/mol. The highest BCUT2D eigenvalue weighted by Gasteiger charge is 2.08. The molecule has 4 heteroatoms. The number of hydrogen-bond donors (Lipinski definition) is 0. The Morgan fingerprint density at radius 3 is 1.89 bits per heavy atom. The summed E-state index contributed by atoms with van der Waals surface area (Å²) in [6.45, 7) is 5.32. The number of rotatable bonds is 5. The van der Waals surface area contributed by atoms with Gasteiger partial charge in [0.15, 0.2) is 0 Å². The lowest BCUT2D eigenvalue weighted by Gasteiger charge is -2.10. The summed E-state index contributed by atoms with van der Waals surface area (Å²) in [5.74, 6) is 0. The Morgan fingerprint density at radius 1 is 1.22 bits per heavy atom. The molecule has 0 saturated heterocycles. The SMILES string of the molecule is CCO[SiH](CCl)OCC. The molecule has 0 heterocycles. The largest absolute Gasteiger partial charge is 0.396 e. The average Bonchev–Trinajstić information content (AvgIpc) is 1.88. The first kappa shape index (κ1) is 9.43. The van der Waals surface area contributed by atoms with E-state index in [4.69, 9.17) is 20.5 Å². The van der Waals surface area contributed by atoms with E-state index in [1.807, 2.05) is 13.8 Å². The molecule has 56 valence electrons. The van der Waals surface area contributed by atoms with Crippen molar-refractivity contribution in [2.24, 2.45) is 0 Å². The van der Waals surface area contributed by atoms with Crippen molar-refractivity contribution >= 4 is 20.9 Å². The van der Waals surface area contributed by atoms with Crippen molar-refractivity contribution in [1.82, 2.24) is 0 Å². The second-order valence-corrected chi connectivity index (χ2v) is 4.25. The van der Waals surface area contributed by atoms with Crippen molar-refractivity contribution in [3.8, 4) is 0 Å². The maximum Gasteiger partial charge on any atom is 0.336 e. The molecule has 0 amide bonds. The fourth-order valence-electron chi connectivity index (χ4n) is 0.509. The molecule has 0 aromatic heterocycles. The summed E-state index contributed by atoms with van der Waals surface area (Å²) in [6.07, 6.45) is 0. The normalized spacial score (nSPS) is 10.7. The van der Waals surface area contributed by atoms with E-state index in [1.54, 1.807) is 0 Å². The highest BCUT2D eigenvalue weighted by atomic mass is 35.5. The summed E-state index contributed by atoms with van der Waals surface area (Å²) >= 11 is 5.54. The van der Waals surface area contributed by atoms with Crippen LogP contribution in [0, 0.1) is 0 Å². The molecule has 0 aliphatic heterocycles. The van der Waals surface area contributed by atoms with Crippen molar-refractivity contribution < 1.29 is 8.85 Å². The zero-order valence-corrected chi connectivity index (χ0v) is 7.80. The summed E-state index contributed by atoms with van der Waals surface area (Å²) in [5, 5.41) is 0. The van der Waals surface area contributed by atoms with Crippen LogP contribution in [0.1, 0.15) is 13.8 Å². The molecule has 0 unspecified atom stereocenters. The molecule has 0 aromatic rings. The second kappa shape index (κ2) is 6.55. The fraction of sp³-hybridized carbons (Fsp3) is 1.00. The van der Waals surface area contributed by atoms with Crippen LogP contribution in [0.15, 0.2) is 0 Å². The molecule has 0 radical (unpaired) electrons. The highest BCUT2D eigenvalue weighted by molar-refractivity contribution is 6.56. The number of alkyl halides is 1. The van der Waals surface area contributed by atoms with Gasteiger partial charge in [0.05, 0.1) is 5.50 Å². The Kier molecular flexibility index (Phi) is 6.86. The van der Waals surface area contributed by atoms with Crippen LogP contribution in [0.4, 0.5) is 0 Å². The lowest BCUT2D eigenvalue weighted by atomic mass is 10.9. The van der Waals surface area contributed by atoms with E-state index < -0.39 is 9.28 Å². The van der Waals surface area contributed by atoms with Crippen molar-refractivity contribution in [2.45, 2.75) is 13.8 Å². The van der Waals surface area contributed by atoms with Gasteiger partial charge >= 0.3 is 9.28 Å². The van der Waals surface area contributed by atoms with E-state index >= 15 is 0 Å². The first-order valence-corrected chi connectivity index (χ1v) is 5.43. The van der Waals surface area contributed by atoms with Crippen LogP contribution in [-0.2, 0) is 8.85 Å².